The Bertz CT molecular complexity index is 690. The molecule has 2 rings (SSSR count). The van der Waals surface area contributed by atoms with Crippen molar-refractivity contribution in [1.29, 1.82) is 0 Å². The fourth-order valence-corrected chi connectivity index (χ4v) is 2.04. The van der Waals surface area contributed by atoms with Gasteiger partial charge in [-0.15, -0.1) is 0 Å². The van der Waals surface area contributed by atoms with Crippen molar-refractivity contribution in [3.8, 4) is 11.5 Å². The summed E-state index contributed by atoms with van der Waals surface area (Å²) in [5.74, 6) is -0.547. The Hall–Kier alpha value is -2.70. The highest BCUT2D eigenvalue weighted by molar-refractivity contribution is 5.93. The number of halogens is 3. The van der Waals surface area contributed by atoms with Crippen LogP contribution in [0.2, 0.25) is 0 Å². The first-order valence-electron chi connectivity index (χ1n) is 7.24. The topological polar surface area (TPSA) is 47.6 Å². The van der Waals surface area contributed by atoms with Gasteiger partial charge in [0.2, 0.25) is 5.91 Å². The third-order valence-electron chi connectivity index (χ3n) is 3.03. The summed E-state index contributed by atoms with van der Waals surface area (Å²) in [4.78, 5) is 12.1. The third kappa shape index (κ3) is 5.19. The van der Waals surface area contributed by atoms with E-state index in [-0.39, 0.29) is 23.8 Å². The molecule has 1 N–H and O–H groups in total. The second-order valence-electron chi connectivity index (χ2n) is 4.82. The van der Waals surface area contributed by atoms with Crippen molar-refractivity contribution in [2.24, 2.45) is 0 Å². The van der Waals surface area contributed by atoms with Crippen LogP contribution in [0.15, 0.2) is 42.5 Å². The van der Waals surface area contributed by atoms with Crippen molar-refractivity contribution in [2.75, 3.05) is 11.9 Å². The number of carbonyl (C=O) groups excluding carboxylic acids is 1. The van der Waals surface area contributed by atoms with E-state index in [0.717, 1.165) is 0 Å². The Balaban J connectivity index is 2.00. The Morgan fingerprint density at radius 2 is 1.88 bits per heavy atom. The van der Waals surface area contributed by atoms with Crippen LogP contribution in [0, 0.1) is 5.82 Å². The molecule has 0 spiro atoms. The summed E-state index contributed by atoms with van der Waals surface area (Å²) in [6.07, 6.45) is 0.0257. The summed E-state index contributed by atoms with van der Waals surface area (Å²) in [5.41, 5.74) is 0.982. The molecule has 0 aromatic heterocycles. The van der Waals surface area contributed by atoms with Crippen LogP contribution >= 0.6 is 0 Å². The highest BCUT2D eigenvalue weighted by Gasteiger charge is 2.10. The van der Waals surface area contributed by atoms with Gasteiger partial charge in [-0.2, -0.15) is 8.78 Å². The number of rotatable bonds is 7. The van der Waals surface area contributed by atoms with Crippen LogP contribution in [-0.4, -0.2) is 19.1 Å². The van der Waals surface area contributed by atoms with E-state index in [1.54, 1.807) is 6.92 Å². The van der Waals surface area contributed by atoms with Gasteiger partial charge in [0, 0.05) is 6.07 Å². The standard InChI is InChI=1S/C17H16F3NO3/c1-2-23-15-10-12(18)5-8-14(15)21-16(22)9-11-3-6-13(7-4-11)24-17(19)20/h3-8,10,17H,2,9H2,1H3,(H,21,22). The molecule has 24 heavy (non-hydrogen) atoms. The van der Waals surface area contributed by atoms with E-state index in [2.05, 4.69) is 10.1 Å². The van der Waals surface area contributed by atoms with Gasteiger partial charge in [-0.25, -0.2) is 4.39 Å². The Morgan fingerprint density at radius 1 is 1.17 bits per heavy atom. The van der Waals surface area contributed by atoms with Crippen LogP contribution in [-0.2, 0) is 11.2 Å². The van der Waals surface area contributed by atoms with Crippen LogP contribution < -0.4 is 14.8 Å². The second kappa shape index (κ2) is 8.24. The molecule has 0 atom stereocenters. The minimum atomic E-state index is -2.89. The summed E-state index contributed by atoms with van der Waals surface area (Å²) in [5, 5.41) is 2.64. The minimum absolute atomic E-state index is 0.0197. The monoisotopic (exact) mass is 339 g/mol. The first kappa shape index (κ1) is 17.7. The molecule has 0 fully saturated rings. The molecular weight excluding hydrogens is 323 g/mol. The van der Waals surface area contributed by atoms with Gasteiger partial charge in [0.05, 0.1) is 18.7 Å². The van der Waals surface area contributed by atoms with Crippen LogP contribution in [0.4, 0.5) is 18.9 Å². The predicted molar refractivity (Wildman–Crippen MR) is 83.0 cm³/mol. The summed E-state index contributed by atoms with van der Waals surface area (Å²) in [7, 11) is 0. The summed E-state index contributed by atoms with van der Waals surface area (Å²) < 4.78 is 46.9. The number of nitrogens with one attached hydrogen (secondary N) is 1. The number of amides is 1. The van der Waals surface area contributed by atoms with Gasteiger partial charge in [-0.05, 0) is 36.8 Å². The lowest BCUT2D eigenvalue weighted by Gasteiger charge is -2.12. The van der Waals surface area contributed by atoms with Crippen LogP contribution in [0.5, 0.6) is 11.5 Å². The van der Waals surface area contributed by atoms with Gasteiger partial charge >= 0.3 is 6.61 Å². The maximum Gasteiger partial charge on any atom is 0.387 e. The second-order valence-corrected chi connectivity index (χ2v) is 4.82. The van der Waals surface area contributed by atoms with E-state index in [9.17, 15) is 18.0 Å². The Morgan fingerprint density at radius 3 is 2.50 bits per heavy atom. The molecule has 0 bridgehead atoms. The maximum absolute atomic E-state index is 13.2. The zero-order chi connectivity index (χ0) is 17.5. The number of anilines is 1. The lowest BCUT2D eigenvalue weighted by Crippen LogP contribution is -2.15. The first-order chi connectivity index (χ1) is 11.5. The predicted octanol–water partition coefficient (Wildman–Crippen LogP) is 4.01. The Labute approximate surface area is 137 Å². The summed E-state index contributed by atoms with van der Waals surface area (Å²) in [6, 6.07) is 9.58. The largest absolute Gasteiger partial charge is 0.492 e. The molecule has 2 aromatic carbocycles. The van der Waals surface area contributed by atoms with E-state index in [1.807, 2.05) is 0 Å². The van der Waals surface area contributed by atoms with Crippen LogP contribution in [0.3, 0.4) is 0 Å². The highest BCUT2D eigenvalue weighted by atomic mass is 19.3. The van der Waals surface area contributed by atoms with E-state index in [4.69, 9.17) is 4.74 Å². The van der Waals surface area contributed by atoms with E-state index >= 15 is 0 Å². The number of alkyl halides is 2. The number of carbonyl (C=O) groups is 1. The molecule has 7 heteroatoms. The van der Waals surface area contributed by atoms with Crippen molar-refractivity contribution in [2.45, 2.75) is 20.0 Å². The zero-order valence-electron chi connectivity index (χ0n) is 12.9. The highest BCUT2D eigenvalue weighted by Crippen LogP contribution is 2.25. The van der Waals surface area contributed by atoms with E-state index in [1.165, 1.54) is 42.5 Å². The molecule has 0 aliphatic carbocycles. The summed E-state index contributed by atoms with van der Waals surface area (Å²) in [6.45, 7) is -0.813. The van der Waals surface area contributed by atoms with Gasteiger partial charge in [-0.1, -0.05) is 12.1 Å². The molecule has 128 valence electrons. The van der Waals surface area contributed by atoms with Gasteiger partial charge in [0.15, 0.2) is 0 Å². The zero-order valence-corrected chi connectivity index (χ0v) is 12.9. The van der Waals surface area contributed by atoms with Crippen molar-refractivity contribution >= 4 is 11.6 Å². The molecule has 0 saturated carbocycles. The third-order valence-corrected chi connectivity index (χ3v) is 3.03. The molecule has 1 amide bonds. The number of benzene rings is 2. The van der Waals surface area contributed by atoms with Gasteiger partial charge in [0.1, 0.15) is 17.3 Å². The maximum atomic E-state index is 13.2. The fourth-order valence-electron chi connectivity index (χ4n) is 2.04. The molecule has 2 aromatic rings. The molecular formula is C17H16F3NO3. The van der Waals surface area contributed by atoms with Crippen molar-refractivity contribution in [3.05, 3.63) is 53.8 Å². The first-order valence-corrected chi connectivity index (χ1v) is 7.24. The van der Waals surface area contributed by atoms with Crippen LogP contribution in [0.1, 0.15) is 12.5 Å². The smallest absolute Gasteiger partial charge is 0.387 e. The van der Waals surface area contributed by atoms with Crippen LogP contribution in [0.25, 0.3) is 0 Å². The fraction of sp³-hybridized carbons (Fsp3) is 0.235. The minimum Gasteiger partial charge on any atom is -0.492 e. The van der Waals surface area contributed by atoms with E-state index in [0.29, 0.717) is 17.9 Å². The lowest BCUT2D eigenvalue weighted by atomic mass is 10.1. The normalized spacial score (nSPS) is 10.5. The molecule has 0 aliphatic rings. The van der Waals surface area contributed by atoms with Gasteiger partial charge in [0.25, 0.3) is 0 Å². The van der Waals surface area contributed by atoms with Gasteiger partial charge < -0.3 is 14.8 Å². The van der Waals surface area contributed by atoms with Gasteiger partial charge in [-0.3, -0.25) is 4.79 Å². The average molecular weight is 339 g/mol. The summed E-state index contributed by atoms with van der Waals surface area (Å²) >= 11 is 0. The number of hydrogen-bond donors (Lipinski definition) is 1. The van der Waals surface area contributed by atoms with Crippen molar-refractivity contribution in [1.82, 2.24) is 0 Å². The SMILES string of the molecule is CCOc1cc(F)ccc1NC(=O)Cc1ccc(OC(F)F)cc1. The molecule has 0 unspecified atom stereocenters. The van der Waals surface area contributed by atoms with E-state index < -0.39 is 12.4 Å². The molecule has 4 nitrogen and oxygen atoms in total. The number of ether oxygens (including phenoxy) is 2. The Kier molecular flexibility index (Phi) is 6.06. The van der Waals surface area contributed by atoms with Crippen molar-refractivity contribution < 1.29 is 27.4 Å². The molecule has 0 radical (unpaired) electrons. The quantitative estimate of drug-likeness (QED) is 0.829. The molecule has 0 aliphatic heterocycles. The van der Waals surface area contributed by atoms with Crippen molar-refractivity contribution in [3.63, 3.8) is 0 Å². The number of hydrogen-bond acceptors (Lipinski definition) is 3. The molecule has 0 heterocycles. The molecule has 0 saturated heterocycles. The average Bonchev–Trinajstić information content (AvgIpc) is 2.52. The lowest BCUT2D eigenvalue weighted by molar-refractivity contribution is -0.115.